The first-order valence-electron chi connectivity index (χ1n) is 14.6. The minimum absolute atomic E-state index is 0.0730. The van der Waals surface area contributed by atoms with Crippen molar-refractivity contribution in [2.24, 2.45) is 4.99 Å². The average Bonchev–Trinajstić information content (AvgIpc) is 3.14. The van der Waals surface area contributed by atoms with E-state index in [1.807, 2.05) is 54.5 Å². The molecule has 0 spiro atoms. The van der Waals surface area contributed by atoms with Crippen LogP contribution in [0.3, 0.4) is 0 Å². The predicted octanol–water partition coefficient (Wildman–Crippen LogP) is 6.36. The summed E-state index contributed by atoms with van der Waals surface area (Å²) in [7, 11) is 0. The summed E-state index contributed by atoms with van der Waals surface area (Å²) in [6, 6.07) is 29.4. The number of terminal acetylenes is 3. The van der Waals surface area contributed by atoms with Crippen molar-refractivity contribution < 1.29 is 33.7 Å². The molecule has 11 heteroatoms. The number of nitrogens with one attached hydrogen (secondary N) is 2. The first-order chi connectivity index (χ1) is 24.3. The van der Waals surface area contributed by atoms with Gasteiger partial charge < -0.3 is 19.3 Å². The quantitative estimate of drug-likeness (QED) is 0.0762. The van der Waals surface area contributed by atoms with Crippen LogP contribution in [-0.2, 0) is 27.1 Å². The Labute approximate surface area is 290 Å². The summed E-state index contributed by atoms with van der Waals surface area (Å²) in [6.45, 7) is -0.299. The van der Waals surface area contributed by atoms with Gasteiger partial charge in [-0.25, -0.2) is 14.4 Å². The second-order valence-electron chi connectivity index (χ2n) is 9.63. The number of carbonyl (C=O) groups excluding carboxylic acids is 3. The highest BCUT2D eigenvalue weighted by molar-refractivity contribution is 5.85. The van der Waals surface area contributed by atoms with E-state index in [9.17, 15) is 14.4 Å². The third-order valence-corrected chi connectivity index (χ3v) is 6.08. The number of hydrogen-bond acceptors (Lipinski definition) is 9. The van der Waals surface area contributed by atoms with Gasteiger partial charge >= 0.3 is 12.2 Å². The number of aliphatic imine (C=N–C) groups is 1. The van der Waals surface area contributed by atoms with E-state index in [-0.39, 0.29) is 19.8 Å². The van der Waals surface area contributed by atoms with Gasteiger partial charge in [0, 0.05) is 11.4 Å². The second-order valence-corrected chi connectivity index (χ2v) is 9.63. The van der Waals surface area contributed by atoms with Gasteiger partial charge in [-0.1, -0.05) is 66.3 Å². The molecule has 4 aromatic rings. The monoisotopic (exact) mass is 668 g/mol. The van der Waals surface area contributed by atoms with Crippen molar-refractivity contribution in [3.63, 3.8) is 0 Å². The second kappa shape index (κ2) is 23.1. The summed E-state index contributed by atoms with van der Waals surface area (Å²) in [5, 5.41) is 21.2. The molecule has 0 heterocycles. The van der Waals surface area contributed by atoms with Crippen molar-refractivity contribution in [3.8, 4) is 49.0 Å². The van der Waals surface area contributed by atoms with E-state index >= 15 is 0 Å². The summed E-state index contributed by atoms with van der Waals surface area (Å²) in [6.07, 6.45) is 18.0. The summed E-state index contributed by atoms with van der Waals surface area (Å²) >= 11 is 0. The highest BCUT2D eigenvalue weighted by Crippen LogP contribution is 2.18. The Hall–Kier alpha value is -7.27. The van der Waals surface area contributed by atoms with Crippen molar-refractivity contribution >= 4 is 35.3 Å². The molecule has 0 atom stereocenters. The first kappa shape index (κ1) is 38.9. The predicted molar refractivity (Wildman–Crippen MR) is 189 cm³/mol. The third kappa shape index (κ3) is 15.8. The fourth-order valence-corrected chi connectivity index (χ4v) is 3.87. The highest BCUT2D eigenvalue weighted by Gasteiger charge is 2.05. The Morgan fingerprint density at radius 3 is 1.38 bits per heavy atom. The van der Waals surface area contributed by atoms with E-state index < -0.39 is 12.2 Å². The van der Waals surface area contributed by atoms with E-state index in [2.05, 4.69) is 33.9 Å². The van der Waals surface area contributed by atoms with Crippen LogP contribution in [0.4, 0.5) is 26.7 Å². The van der Waals surface area contributed by atoms with Gasteiger partial charge in [0.1, 0.15) is 12.4 Å². The van der Waals surface area contributed by atoms with Crippen LogP contribution in [0.1, 0.15) is 22.3 Å². The lowest BCUT2D eigenvalue weighted by Gasteiger charge is -2.08. The Balaban J connectivity index is 0.000000328. The zero-order chi connectivity index (χ0) is 36.4. The van der Waals surface area contributed by atoms with Gasteiger partial charge in [-0.2, -0.15) is 4.99 Å². The number of aliphatic hydroxyl groups is 1. The van der Waals surface area contributed by atoms with Gasteiger partial charge in [0.15, 0.2) is 13.2 Å². The number of aliphatic hydroxyl groups excluding tert-OH is 1. The molecule has 0 saturated heterocycles. The number of isocyanates is 1. The van der Waals surface area contributed by atoms with Crippen LogP contribution in [0.5, 0.6) is 5.75 Å². The summed E-state index contributed by atoms with van der Waals surface area (Å²) in [4.78, 5) is 36.5. The maximum absolute atomic E-state index is 11.4. The largest absolute Gasteiger partial charge is 0.436 e. The van der Waals surface area contributed by atoms with E-state index in [1.54, 1.807) is 54.8 Å². The molecule has 4 rings (SSSR count). The number of nitriles is 1. The van der Waals surface area contributed by atoms with Gasteiger partial charge in [-0.15, -0.1) is 24.5 Å². The smallest absolute Gasteiger partial charge is 0.412 e. The molecule has 50 heavy (non-hydrogen) atoms. The van der Waals surface area contributed by atoms with E-state index in [1.165, 1.54) is 6.08 Å². The molecule has 250 valence electrons. The normalized spacial score (nSPS) is 8.98. The summed E-state index contributed by atoms with van der Waals surface area (Å²) in [5.41, 5.74) is 6.17. The maximum atomic E-state index is 11.4. The van der Waals surface area contributed by atoms with Crippen molar-refractivity contribution in [2.45, 2.75) is 12.8 Å². The van der Waals surface area contributed by atoms with Crippen LogP contribution in [0, 0.1) is 48.5 Å². The van der Waals surface area contributed by atoms with Gasteiger partial charge in [0.2, 0.25) is 6.08 Å². The van der Waals surface area contributed by atoms with E-state index in [0.29, 0.717) is 29.2 Å². The number of nitrogens with zero attached hydrogens (tertiary/aromatic N) is 2. The van der Waals surface area contributed by atoms with Crippen molar-refractivity contribution in [2.75, 3.05) is 30.5 Å². The molecule has 4 aromatic carbocycles. The highest BCUT2D eigenvalue weighted by atomic mass is 16.6. The fourth-order valence-electron chi connectivity index (χ4n) is 3.87. The molecular formula is C39H32N4O7. The van der Waals surface area contributed by atoms with Crippen LogP contribution in [0.15, 0.2) is 102 Å². The average molecular weight is 669 g/mol. The Morgan fingerprint density at radius 1 is 0.660 bits per heavy atom. The van der Waals surface area contributed by atoms with Gasteiger partial charge in [-0.3, -0.25) is 10.6 Å². The number of anilines is 2. The van der Waals surface area contributed by atoms with Crippen molar-refractivity contribution in [3.05, 3.63) is 119 Å². The van der Waals surface area contributed by atoms with Crippen LogP contribution < -0.4 is 15.4 Å². The zero-order valence-electron chi connectivity index (χ0n) is 26.8. The molecule has 0 unspecified atom stereocenters. The summed E-state index contributed by atoms with van der Waals surface area (Å²) in [5.74, 6) is 6.96. The lowest BCUT2D eigenvalue weighted by atomic mass is 10.0. The van der Waals surface area contributed by atoms with Crippen molar-refractivity contribution in [1.29, 1.82) is 5.26 Å². The standard InChI is InChI=1S/C21H18N2O4.C15H10N2O2.C3H4O/c1-3-13-26-20(24)22-18-9-5-16(6-10-18)15-17-7-11-19(12-8-17)23-21(25)27-14-4-2;16-10-19-15-7-3-13(4-8-15)9-12-1-5-14(6-2-12)17-11-18;1-2-3-4/h1-2,5-12H,13-15H2,(H,22,24)(H,23,25);1-8H,9H2;1,4H,3H2. The number of hydrogen-bond donors (Lipinski definition) is 3. The summed E-state index contributed by atoms with van der Waals surface area (Å²) < 4.78 is 14.2. The fraction of sp³-hybridized carbons (Fsp3) is 0.128. The topological polar surface area (TPSA) is 159 Å². The molecule has 0 radical (unpaired) electrons. The molecule has 0 aliphatic carbocycles. The van der Waals surface area contributed by atoms with Crippen LogP contribution in [-0.4, -0.2) is 43.2 Å². The van der Waals surface area contributed by atoms with E-state index in [4.69, 9.17) is 37.4 Å². The van der Waals surface area contributed by atoms with Crippen molar-refractivity contribution in [1.82, 2.24) is 0 Å². The number of benzene rings is 4. The van der Waals surface area contributed by atoms with E-state index in [0.717, 1.165) is 28.7 Å². The molecule has 0 saturated carbocycles. The number of ether oxygens (including phenoxy) is 3. The number of rotatable bonds is 10. The van der Waals surface area contributed by atoms with Crippen LogP contribution in [0.25, 0.3) is 0 Å². The lowest BCUT2D eigenvalue weighted by Crippen LogP contribution is -2.13. The number of amides is 2. The molecule has 0 aliphatic rings. The molecule has 0 aromatic heterocycles. The molecule has 11 nitrogen and oxygen atoms in total. The van der Waals surface area contributed by atoms with Crippen LogP contribution >= 0.6 is 0 Å². The lowest BCUT2D eigenvalue weighted by molar-refractivity contribution is 0.175. The Morgan fingerprint density at radius 2 is 1.04 bits per heavy atom. The maximum Gasteiger partial charge on any atom is 0.412 e. The zero-order valence-corrected chi connectivity index (χ0v) is 26.8. The Bertz CT molecular complexity index is 1800. The first-order valence-corrected chi connectivity index (χ1v) is 14.6. The molecule has 0 aliphatic heterocycles. The minimum Gasteiger partial charge on any atom is -0.436 e. The van der Waals surface area contributed by atoms with Gasteiger partial charge in [0.25, 0.3) is 6.26 Å². The molecule has 0 fully saturated rings. The SMILES string of the molecule is C#CCO.C#CCOC(=O)Nc1ccc(Cc2ccc(NC(=O)OCC#C)cc2)cc1.N#COc1ccc(Cc2ccc(N=C=O)cc2)cc1. The van der Waals surface area contributed by atoms with Gasteiger partial charge in [0.05, 0.1) is 5.69 Å². The molecule has 3 N–H and O–H groups in total. The molecule has 2 amide bonds. The third-order valence-electron chi connectivity index (χ3n) is 6.08. The van der Waals surface area contributed by atoms with Gasteiger partial charge in [-0.05, 0) is 83.6 Å². The number of carbonyl (C=O) groups is 2. The molecule has 0 bridgehead atoms. The Kier molecular flexibility index (Phi) is 18.0. The molecular weight excluding hydrogens is 636 g/mol. The minimum atomic E-state index is -0.593. The van der Waals surface area contributed by atoms with Crippen LogP contribution in [0.2, 0.25) is 0 Å².